The first-order chi connectivity index (χ1) is 9.62. The van der Waals surface area contributed by atoms with Gasteiger partial charge in [-0.1, -0.05) is 12.1 Å². The maximum absolute atomic E-state index is 12.1. The van der Waals surface area contributed by atoms with Crippen LogP contribution in [0.5, 0.6) is 0 Å². The number of amides is 1. The summed E-state index contributed by atoms with van der Waals surface area (Å²) in [5.74, 6) is 0.457. The summed E-state index contributed by atoms with van der Waals surface area (Å²) in [6.45, 7) is 0. The van der Waals surface area contributed by atoms with Crippen molar-refractivity contribution in [2.75, 3.05) is 19.1 Å². The number of benzene rings is 1. The van der Waals surface area contributed by atoms with Crippen LogP contribution >= 0.6 is 23.4 Å². The average molecular weight is 316 g/mol. The Morgan fingerprint density at radius 2 is 2.00 bits per heavy atom. The largest absolute Gasteiger partial charge is 0.467 e. The second kappa shape index (κ2) is 8.87. The molecule has 1 rings (SSSR count). The van der Waals surface area contributed by atoms with Gasteiger partial charge in [-0.25, -0.2) is 4.79 Å². The molecule has 20 heavy (non-hydrogen) atoms. The molecule has 1 aromatic carbocycles. The maximum atomic E-state index is 12.1. The van der Waals surface area contributed by atoms with Crippen molar-refractivity contribution < 1.29 is 14.3 Å². The summed E-state index contributed by atoms with van der Waals surface area (Å²) >= 11 is 7.31. The molecule has 0 aliphatic heterocycles. The number of thioether (sulfide) groups is 1. The molecule has 0 saturated heterocycles. The Hall–Kier alpha value is -1.20. The van der Waals surface area contributed by atoms with Crippen molar-refractivity contribution in [1.82, 2.24) is 5.32 Å². The minimum Gasteiger partial charge on any atom is -0.467 e. The van der Waals surface area contributed by atoms with E-state index >= 15 is 0 Å². The van der Waals surface area contributed by atoms with E-state index in [4.69, 9.17) is 16.3 Å². The number of carbonyl (C=O) groups is 2. The lowest BCUT2D eigenvalue weighted by atomic mass is 10.1. The first-order valence-corrected chi connectivity index (χ1v) is 8.07. The zero-order chi connectivity index (χ0) is 15.0. The van der Waals surface area contributed by atoms with Crippen LogP contribution in [0.1, 0.15) is 22.3 Å². The summed E-state index contributed by atoms with van der Waals surface area (Å²) in [5.41, 5.74) is 1.44. The van der Waals surface area contributed by atoms with Crippen molar-refractivity contribution in [3.63, 3.8) is 0 Å². The van der Waals surface area contributed by atoms with Gasteiger partial charge in [-0.05, 0) is 36.1 Å². The molecule has 110 valence electrons. The molecular weight excluding hydrogens is 298 g/mol. The van der Waals surface area contributed by atoms with Gasteiger partial charge in [0.05, 0.1) is 7.11 Å². The van der Waals surface area contributed by atoms with Crippen LogP contribution in [0.4, 0.5) is 0 Å². The zero-order valence-electron chi connectivity index (χ0n) is 11.5. The molecule has 6 heteroatoms. The molecule has 0 spiro atoms. The Morgan fingerprint density at radius 1 is 1.35 bits per heavy atom. The molecule has 0 fully saturated rings. The zero-order valence-corrected chi connectivity index (χ0v) is 13.1. The van der Waals surface area contributed by atoms with Crippen LogP contribution in [0.25, 0.3) is 0 Å². The molecule has 0 aliphatic rings. The Labute approximate surface area is 128 Å². The number of hydrogen-bond donors (Lipinski definition) is 1. The van der Waals surface area contributed by atoms with E-state index in [9.17, 15) is 9.59 Å². The second-order valence-electron chi connectivity index (χ2n) is 4.16. The number of esters is 1. The molecule has 1 aromatic rings. The van der Waals surface area contributed by atoms with E-state index in [1.165, 1.54) is 7.11 Å². The van der Waals surface area contributed by atoms with Gasteiger partial charge in [0.2, 0.25) is 0 Å². The topological polar surface area (TPSA) is 55.4 Å². The maximum Gasteiger partial charge on any atom is 0.328 e. The molecule has 0 heterocycles. The fourth-order valence-corrected chi connectivity index (χ4v) is 2.26. The fourth-order valence-electron chi connectivity index (χ4n) is 1.61. The molecule has 1 amide bonds. The van der Waals surface area contributed by atoms with E-state index in [1.54, 1.807) is 36.0 Å². The number of carbonyl (C=O) groups excluding carboxylic acids is 2. The number of hydrogen-bond acceptors (Lipinski definition) is 4. The molecule has 0 bridgehead atoms. The van der Waals surface area contributed by atoms with Crippen LogP contribution in [-0.2, 0) is 15.4 Å². The van der Waals surface area contributed by atoms with Crippen molar-refractivity contribution in [2.45, 2.75) is 18.3 Å². The molecule has 0 radical (unpaired) electrons. The van der Waals surface area contributed by atoms with Gasteiger partial charge in [0, 0.05) is 11.4 Å². The Balaban J connectivity index is 2.70. The summed E-state index contributed by atoms with van der Waals surface area (Å²) in [7, 11) is 1.32. The highest BCUT2D eigenvalue weighted by atomic mass is 35.5. The van der Waals surface area contributed by atoms with E-state index in [0.29, 0.717) is 17.9 Å². The standard InChI is InChI=1S/C14H18ClNO3S/c1-19-14(18)12(7-8-20-2)16-13(17)11-5-3-10(9-15)4-6-11/h3-6,12H,7-9H2,1-2H3,(H,16,17)/t12-/m0/s1. The number of ether oxygens (including phenoxy) is 1. The van der Waals surface area contributed by atoms with Gasteiger partial charge in [0.1, 0.15) is 6.04 Å². The van der Waals surface area contributed by atoms with Crippen LogP contribution in [0.2, 0.25) is 0 Å². The molecule has 1 atom stereocenters. The SMILES string of the molecule is COC(=O)[C@H](CCSC)NC(=O)c1ccc(CCl)cc1. The van der Waals surface area contributed by atoms with Gasteiger partial charge in [-0.3, -0.25) is 4.79 Å². The molecule has 0 aromatic heterocycles. The van der Waals surface area contributed by atoms with Gasteiger partial charge in [-0.15, -0.1) is 11.6 Å². The number of nitrogens with one attached hydrogen (secondary N) is 1. The lowest BCUT2D eigenvalue weighted by Gasteiger charge is -2.16. The summed E-state index contributed by atoms with van der Waals surface area (Å²) in [6, 6.07) is 6.34. The number of rotatable bonds is 7. The Bertz CT molecular complexity index is 450. The highest BCUT2D eigenvalue weighted by Crippen LogP contribution is 2.08. The quantitative estimate of drug-likeness (QED) is 0.620. The minimum atomic E-state index is -0.618. The van der Waals surface area contributed by atoms with Crippen LogP contribution in [0.3, 0.4) is 0 Å². The second-order valence-corrected chi connectivity index (χ2v) is 5.41. The van der Waals surface area contributed by atoms with E-state index in [0.717, 1.165) is 11.3 Å². The van der Waals surface area contributed by atoms with E-state index in [1.807, 2.05) is 6.26 Å². The predicted octanol–water partition coefficient (Wildman–Crippen LogP) is 2.45. The highest BCUT2D eigenvalue weighted by molar-refractivity contribution is 7.98. The number of methoxy groups -OCH3 is 1. The third-order valence-corrected chi connectivity index (χ3v) is 3.72. The third kappa shape index (κ3) is 5.06. The predicted molar refractivity (Wildman–Crippen MR) is 82.3 cm³/mol. The first-order valence-electron chi connectivity index (χ1n) is 6.15. The van der Waals surface area contributed by atoms with Crippen LogP contribution in [0, 0.1) is 0 Å². The molecule has 0 saturated carbocycles. The molecule has 1 N–H and O–H groups in total. The van der Waals surface area contributed by atoms with Crippen molar-refractivity contribution in [1.29, 1.82) is 0 Å². The summed E-state index contributed by atoms with van der Waals surface area (Å²) in [5, 5.41) is 2.70. The molecule has 0 aliphatic carbocycles. The van der Waals surface area contributed by atoms with Gasteiger partial charge < -0.3 is 10.1 Å². The molecular formula is C14H18ClNO3S. The van der Waals surface area contributed by atoms with Gasteiger partial charge in [-0.2, -0.15) is 11.8 Å². The Morgan fingerprint density at radius 3 is 2.50 bits per heavy atom. The highest BCUT2D eigenvalue weighted by Gasteiger charge is 2.21. The van der Waals surface area contributed by atoms with Crippen LogP contribution < -0.4 is 5.32 Å². The smallest absolute Gasteiger partial charge is 0.328 e. The minimum absolute atomic E-state index is 0.289. The van der Waals surface area contributed by atoms with Gasteiger partial charge in [0.15, 0.2) is 0 Å². The van der Waals surface area contributed by atoms with Crippen molar-refractivity contribution >= 4 is 35.2 Å². The van der Waals surface area contributed by atoms with Crippen molar-refractivity contribution in [3.05, 3.63) is 35.4 Å². The van der Waals surface area contributed by atoms with E-state index in [2.05, 4.69) is 5.32 Å². The van der Waals surface area contributed by atoms with Gasteiger partial charge >= 0.3 is 5.97 Å². The summed E-state index contributed by atoms with van der Waals surface area (Å²) < 4.78 is 4.70. The average Bonchev–Trinajstić information content (AvgIpc) is 2.50. The fraction of sp³-hybridized carbons (Fsp3) is 0.429. The monoisotopic (exact) mass is 315 g/mol. The van der Waals surface area contributed by atoms with E-state index < -0.39 is 12.0 Å². The van der Waals surface area contributed by atoms with Crippen LogP contribution in [0.15, 0.2) is 24.3 Å². The van der Waals surface area contributed by atoms with Gasteiger partial charge in [0.25, 0.3) is 5.91 Å². The Kier molecular flexibility index (Phi) is 7.47. The van der Waals surface area contributed by atoms with E-state index in [-0.39, 0.29) is 5.91 Å². The summed E-state index contributed by atoms with van der Waals surface area (Å²) in [6.07, 6.45) is 2.49. The first kappa shape index (κ1) is 16.9. The van der Waals surface area contributed by atoms with Crippen molar-refractivity contribution in [2.24, 2.45) is 0 Å². The normalized spacial score (nSPS) is 11.8. The third-order valence-electron chi connectivity index (χ3n) is 2.77. The lowest BCUT2D eigenvalue weighted by Crippen LogP contribution is -2.41. The number of halogens is 1. The number of alkyl halides is 1. The molecule has 0 unspecified atom stereocenters. The van der Waals surface area contributed by atoms with Crippen molar-refractivity contribution in [3.8, 4) is 0 Å². The lowest BCUT2D eigenvalue weighted by molar-refractivity contribution is -0.142. The molecule has 4 nitrogen and oxygen atoms in total. The van der Waals surface area contributed by atoms with Crippen LogP contribution in [-0.4, -0.2) is 37.0 Å². The summed E-state index contributed by atoms with van der Waals surface area (Å²) in [4.78, 5) is 23.7.